The van der Waals surface area contributed by atoms with E-state index in [-0.39, 0.29) is 5.41 Å². The molecule has 0 radical (unpaired) electrons. The highest BCUT2D eigenvalue weighted by Crippen LogP contribution is 2.53. The zero-order valence-electron chi connectivity index (χ0n) is 31.4. The van der Waals surface area contributed by atoms with Crippen molar-refractivity contribution in [3.8, 4) is 67.3 Å². The summed E-state index contributed by atoms with van der Waals surface area (Å²) in [6.45, 7) is 2.38. The molecule has 1 unspecified atom stereocenters. The Balaban J connectivity index is 1.10. The van der Waals surface area contributed by atoms with Crippen molar-refractivity contribution in [2.45, 2.75) is 12.3 Å². The van der Waals surface area contributed by atoms with Crippen LogP contribution in [0.1, 0.15) is 23.6 Å². The first-order chi connectivity index (χ1) is 28.1. The van der Waals surface area contributed by atoms with E-state index < -0.39 is 0 Å². The van der Waals surface area contributed by atoms with Crippen molar-refractivity contribution in [3.05, 3.63) is 217 Å². The first kappa shape index (κ1) is 33.4. The minimum atomic E-state index is -0.290. The molecule has 0 aliphatic heterocycles. The van der Waals surface area contributed by atoms with Crippen LogP contribution in [0.5, 0.6) is 0 Å². The van der Waals surface area contributed by atoms with Gasteiger partial charge < -0.3 is 0 Å². The SMILES string of the molecule is CC1(c2ccccc2)c2ccccc2-c2ccc(-c3ccccc3-c3cc(-c4ccccc4-c4cccc5c4sc4ccccc45)nc(-c4ccccc4)n3)cc21. The Bertz CT molecular complexity index is 3140. The number of thiophene rings is 1. The Labute approximate surface area is 336 Å². The molecule has 1 aliphatic carbocycles. The van der Waals surface area contributed by atoms with Crippen molar-refractivity contribution < 1.29 is 0 Å². The maximum absolute atomic E-state index is 5.34. The van der Waals surface area contributed by atoms with Gasteiger partial charge in [-0.2, -0.15) is 0 Å². The van der Waals surface area contributed by atoms with E-state index in [2.05, 4.69) is 201 Å². The monoisotopic (exact) mass is 744 g/mol. The van der Waals surface area contributed by atoms with Crippen LogP contribution in [0.2, 0.25) is 0 Å². The Kier molecular flexibility index (Phi) is 7.84. The second-order valence-corrected chi connectivity index (χ2v) is 16.0. The van der Waals surface area contributed by atoms with Gasteiger partial charge in [0.05, 0.1) is 11.4 Å². The molecule has 0 bridgehead atoms. The van der Waals surface area contributed by atoms with Gasteiger partial charge in [0.2, 0.25) is 0 Å². The molecule has 268 valence electrons. The fourth-order valence-electron chi connectivity index (χ4n) is 9.04. The van der Waals surface area contributed by atoms with Crippen molar-refractivity contribution in [2.24, 2.45) is 0 Å². The van der Waals surface area contributed by atoms with E-state index >= 15 is 0 Å². The van der Waals surface area contributed by atoms with Crippen molar-refractivity contribution in [1.82, 2.24) is 9.97 Å². The molecule has 1 aliphatic rings. The molecular weight excluding hydrogens is 709 g/mol. The Morgan fingerprint density at radius 3 is 1.72 bits per heavy atom. The summed E-state index contributed by atoms with van der Waals surface area (Å²) in [4.78, 5) is 10.7. The molecule has 3 heteroatoms. The molecule has 2 heterocycles. The fraction of sp³-hybridized carbons (Fsp3) is 0.0370. The maximum atomic E-state index is 5.34. The van der Waals surface area contributed by atoms with E-state index in [0.29, 0.717) is 5.82 Å². The van der Waals surface area contributed by atoms with Crippen LogP contribution in [0.25, 0.3) is 87.5 Å². The normalized spacial score (nSPS) is 14.5. The Morgan fingerprint density at radius 2 is 0.947 bits per heavy atom. The number of benzene rings is 8. The summed E-state index contributed by atoms with van der Waals surface area (Å²) in [7, 11) is 0. The maximum Gasteiger partial charge on any atom is 0.160 e. The standard InChI is InChI=1S/C54H36N2S/c1-54(37-19-6-3-7-20-37)47-29-14-12-23-40(47)41-32-31-36(33-48(41)54)38-21-8-10-24-42(38)49-34-50(56-53(55-49)35-17-4-2-5-18-35)43-25-11-9-22-39(43)45-27-16-28-46-44-26-13-15-30-51(44)57-52(45)46/h2-34H,1H3. The summed E-state index contributed by atoms with van der Waals surface area (Å²) in [5, 5.41) is 2.58. The van der Waals surface area contributed by atoms with E-state index in [9.17, 15) is 0 Å². The molecule has 0 saturated heterocycles. The third-order valence-electron chi connectivity index (χ3n) is 11.8. The molecule has 0 fully saturated rings. The lowest BCUT2D eigenvalue weighted by molar-refractivity contribution is 0.714. The summed E-state index contributed by atoms with van der Waals surface area (Å²) in [5.74, 6) is 0.703. The average Bonchev–Trinajstić information content (AvgIpc) is 3.80. The molecule has 0 spiro atoms. The first-order valence-corrected chi connectivity index (χ1v) is 20.3. The first-order valence-electron chi connectivity index (χ1n) is 19.5. The lowest BCUT2D eigenvalue weighted by Crippen LogP contribution is -2.22. The molecule has 2 nitrogen and oxygen atoms in total. The molecule has 8 aromatic carbocycles. The van der Waals surface area contributed by atoms with Crippen LogP contribution in [0, 0.1) is 0 Å². The molecule has 0 N–H and O–H groups in total. The number of hydrogen-bond acceptors (Lipinski definition) is 3. The topological polar surface area (TPSA) is 25.8 Å². The predicted octanol–water partition coefficient (Wildman–Crippen LogP) is 14.5. The van der Waals surface area contributed by atoms with Crippen LogP contribution in [-0.2, 0) is 5.41 Å². The zero-order valence-corrected chi connectivity index (χ0v) is 32.2. The van der Waals surface area contributed by atoms with Gasteiger partial charge >= 0.3 is 0 Å². The van der Waals surface area contributed by atoms with E-state index in [4.69, 9.17) is 9.97 Å². The van der Waals surface area contributed by atoms with Gasteiger partial charge in [0.25, 0.3) is 0 Å². The third-order valence-corrected chi connectivity index (χ3v) is 13.1. The Morgan fingerprint density at radius 1 is 0.386 bits per heavy atom. The molecule has 0 saturated carbocycles. The highest BCUT2D eigenvalue weighted by molar-refractivity contribution is 7.26. The van der Waals surface area contributed by atoms with Gasteiger partial charge in [-0.15, -0.1) is 11.3 Å². The molecular formula is C54H36N2S. The van der Waals surface area contributed by atoms with Gasteiger partial charge in [0, 0.05) is 47.8 Å². The number of rotatable bonds is 6. The largest absolute Gasteiger partial charge is 0.228 e. The quantitative estimate of drug-likeness (QED) is 0.169. The van der Waals surface area contributed by atoms with Gasteiger partial charge in [-0.3, -0.25) is 0 Å². The number of hydrogen-bond donors (Lipinski definition) is 0. The van der Waals surface area contributed by atoms with Gasteiger partial charge in [-0.25, -0.2) is 9.97 Å². The van der Waals surface area contributed by atoms with Crippen molar-refractivity contribution in [1.29, 1.82) is 0 Å². The molecule has 2 aromatic heterocycles. The van der Waals surface area contributed by atoms with Crippen LogP contribution in [-0.4, -0.2) is 9.97 Å². The number of nitrogens with zero attached hydrogens (tertiary/aromatic N) is 2. The van der Waals surface area contributed by atoms with E-state index in [1.165, 1.54) is 53.6 Å². The van der Waals surface area contributed by atoms with Gasteiger partial charge in [-0.05, 0) is 69.6 Å². The molecule has 10 aromatic rings. The summed E-state index contributed by atoms with van der Waals surface area (Å²) in [6.07, 6.45) is 0. The van der Waals surface area contributed by atoms with E-state index in [0.717, 1.165) is 44.8 Å². The Hall–Kier alpha value is -6.94. The number of aromatic nitrogens is 2. The fourth-order valence-corrected chi connectivity index (χ4v) is 10.3. The van der Waals surface area contributed by atoms with Crippen LogP contribution >= 0.6 is 11.3 Å². The molecule has 57 heavy (non-hydrogen) atoms. The van der Waals surface area contributed by atoms with Crippen molar-refractivity contribution >= 4 is 31.5 Å². The number of fused-ring (bicyclic) bond motifs is 6. The molecule has 11 rings (SSSR count). The van der Waals surface area contributed by atoms with Crippen LogP contribution < -0.4 is 0 Å². The summed E-state index contributed by atoms with van der Waals surface area (Å²) >= 11 is 1.86. The lowest BCUT2D eigenvalue weighted by atomic mass is 9.74. The van der Waals surface area contributed by atoms with E-state index in [1.54, 1.807) is 0 Å². The van der Waals surface area contributed by atoms with Crippen molar-refractivity contribution in [2.75, 3.05) is 0 Å². The minimum absolute atomic E-state index is 0.290. The van der Waals surface area contributed by atoms with Gasteiger partial charge in [0.15, 0.2) is 5.82 Å². The average molecular weight is 745 g/mol. The third kappa shape index (κ3) is 5.38. The van der Waals surface area contributed by atoms with Crippen LogP contribution in [0.15, 0.2) is 200 Å². The molecule has 1 atom stereocenters. The van der Waals surface area contributed by atoms with Gasteiger partial charge in [0.1, 0.15) is 0 Å². The summed E-state index contributed by atoms with van der Waals surface area (Å²) < 4.78 is 2.58. The molecule has 0 amide bonds. The minimum Gasteiger partial charge on any atom is -0.228 e. The highest BCUT2D eigenvalue weighted by Gasteiger charge is 2.40. The van der Waals surface area contributed by atoms with Gasteiger partial charge in [-0.1, -0.05) is 182 Å². The van der Waals surface area contributed by atoms with Crippen LogP contribution in [0.4, 0.5) is 0 Å². The predicted molar refractivity (Wildman–Crippen MR) is 240 cm³/mol. The summed E-state index contributed by atoms with van der Waals surface area (Å²) in [5.41, 5.74) is 15.8. The van der Waals surface area contributed by atoms with Crippen LogP contribution in [0.3, 0.4) is 0 Å². The zero-order chi connectivity index (χ0) is 37.9. The highest BCUT2D eigenvalue weighted by atomic mass is 32.1. The lowest BCUT2D eigenvalue weighted by Gasteiger charge is -2.28. The van der Waals surface area contributed by atoms with E-state index in [1.807, 2.05) is 17.4 Å². The second-order valence-electron chi connectivity index (χ2n) is 15.0. The summed E-state index contributed by atoms with van der Waals surface area (Å²) in [6, 6.07) is 72.1. The van der Waals surface area contributed by atoms with Crippen molar-refractivity contribution in [3.63, 3.8) is 0 Å². The smallest absolute Gasteiger partial charge is 0.160 e. The second kappa shape index (κ2) is 13.4.